The molecule has 1 N–H and O–H groups in total. The number of nitrogens with zero attached hydrogens (tertiary/aromatic N) is 1. The van der Waals surface area contributed by atoms with Gasteiger partial charge in [0.2, 0.25) is 0 Å². The first-order valence-electron chi connectivity index (χ1n) is 8.91. The van der Waals surface area contributed by atoms with Gasteiger partial charge in [-0.3, -0.25) is 14.5 Å². The van der Waals surface area contributed by atoms with Crippen LogP contribution >= 0.6 is 0 Å². The van der Waals surface area contributed by atoms with E-state index in [1.807, 2.05) is 12.1 Å². The number of unbranched alkanes of at least 4 members (excludes halogenated alkanes) is 5. The van der Waals surface area contributed by atoms with Gasteiger partial charge in [0.25, 0.3) is 11.8 Å². The second-order valence-corrected chi connectivity index (χ2v) is 6.18. The highest BCUT2D eigenvalue weighted by molar-refractivity contribution is 6.21. The molecule has 4 nitrogen and oxygen atoms in total. The number of benzene rings is 1. The lowest BCUT2D eigenvalue weighted by Gasteiger charge is -2.13. The first-order valence-corrected chi connectivity index (χ1v) is 8.91. The molecule has 1 aliphatic rings. The summed E-state index contributed by atoms with van der Waals surface area (Å²) in [5, 5.41) is 3.45. The molecule has 4 heteroatoms. The number of hydrogen-bond donors (Lipinski definition) is 1. The summed E-state index contributed by atoms with van der Waals surface area (Å²) in [6.07, 6.45) is 8.04. The van der Waals surface area contributed by atoms with E-state index in [-0.39, 0.29) is 11.8 Å². The molecule has 0 fully saturated rings. The van der Waals surface area contributed by atoms with Crippen LogP contribution in [0.25, 0.3) is 0 Å². The molecule has 1 aliphatic heterocycles. The highest BCUT2D eigenvalue weighted by Crippen LogP contribution is 2.22. The molecule has 0 bridgehead atoms. The highest BCUT2D eigenvalue weighted by Gasteiger charge is 2.34. The van der Waals surface area contributed by atoms with Crippen LogP contribution in [0.5, 0.6) is 0 Å². The third kappa shape index (κ3) is 4.90. The molecule has 0 aliphatic carbocycles. The molecule has 0 unspecified atom stereocenters. The fourth-order valence-electron chi connectivity index (χ4n) is 2.92. The Labute approximate surface area is 139 Å². The van der Waals surface area contributed by atoms with Gasteiger partial charge in [-0.1, -0.05) is 44.7 Å². The molecular formula is C19H28N2O2. The fraction of sp³-hybridized carbons (Fsp3) is 0.579. The maximum absolute atomic E-state index is 12.2. The zero-order valence-electron chi connectivity index (χ0n) is 14.1. The number of carbonyl (C=O) groups excluding carboxylic acids is 2. The van der Waals surface area contributed by atoms with Gasteiger partial charge in [0.15, 0.2) is 0 Å². The van der Waals surface area contributed by atoms with E-state index >= 15 is 0 Å². The van der Waals surface area contributed by atoms with E-state index in [9.17, 15) is 9.59 Å². The number of nitrogens with one attached hydrogen (secondary N) is 1. The fourth-order valence-corrected chi connectivity index (χ4v) is 2.92. The standard InChI is InChI=1S/C19H28N2O2/c1-2-3-13-20-14-9-5-4-6-10-15-21-18(22)16-11-7-8-12-17(16)19(21)23/h7-8,11-12,20H,2-6,9-10,13-15H2,1H3. The molecule has 0 radical (unpaired) electrons. The van der Waals surface area contributed by atoms with Gasteiger partial charge >= 0.3 is 0 Å². The zero-order valence-corrected chi connectivity index (χ0v) is 14.1. The Morgan fingerprint density at radius 2 is 1.39 bits per heavy atom. The average Bonchev–Trinajstić information content (AvgIpc) is 2.81. The summed E-state index contributed by atoms with van der Waals surface area (Å²) in [5.41, 5.74) is 1.10. The topological polar surface area (TPSA) is 49.4 Å². The number of amides is 2. The largest absolute Gasteiger partial charge is 0.317 e. The van der Waals surface area contributed by atoms with E-state index in [0.29, 0.717) is 17.7 Å². The second-order valence-electron chi connectivity index (χ2n) is 6.18. The summed E-state index contributed by atoms with van der Waals surface area (Å²) in [6, 6.07) is 7.09. The van der Waals surface area contributed by atoms with Crippen molar-refractivity contribution in [2.75, 3.05) is 19.6 Å². The Morgan fingerprint density at radius 3 is 2.04 bits per heavy atom. The molecule has 0 spiro atoms. The van der Waals surface area contributed by atoms with Crippen LogP contribution in [-0.2, 0) is 0 Å². The van der Waals surface area contributed by atoms with Crippen LogP contribution in [0, 0.1) is 0 Å². The van der Waals surface area contributed by atoms with Crippen molar-refractivity contribution in [1.29, 1.82) is 0 Å². The van der Waals surface area contributed by atoms with Gasteiger partial charge < -0.3 is 5.32 Å². The van der Waals surface area contributed by atoms with Crippen LogP contribution < -0.4 is 5.32 Å². The summed E-state index contributed by atoms with van der Waals surface area (Å²) < 4.78 is 0. The van der Waals surface area contributed by atoms with Gasteiger partial charge in [-0.15, -0.1) is 0 Å². The monoisotopic (exact) mass is 316 g/mol. The first kappa shape index (κ1) is 17.7. The van der Waals surface area contributed by atoms with Gasteiger partial charge in [-0.25, -0.2) is 0 Å². The minimum atomic E-state index is -0.134. The lowest BCUT2D eigenvalue weighted by atomic mass is 10.1. The van der Waals surface area contributed by atoms with Crippen molar-refractivity contribution in [3.8, 4) is 0 Å². The van der Waals surface area contributed by atoms with Crippen LogP contribution in [-0.4, -0.2) is 36.3 Å². The average molecular weight is 316 g/mol. The minimum Gasteiger partial charge on any atom is -0.317 e. The summed E-state index contributed by atoms with van der Waals surface area (Å²) in [6.45, 7) is 4.96. The number of fused-ring (bicyclic) bond motifs is 1. The highest BCUT2D eigenvalue weighted by atomic mass is 16.2. The number of rotatable bonds is 11. The number of hydrogen-bond acceptors (Lipinski definition) is 3. The summed E-state index contributed by atoms with van der Waals surface area (Å²) in [5.74, 6) is -0.267. The van der Waals surface area contributed by atoms with Crippen molar-refractivity contribution >= 4 is 11.8 Å². The molecule has 0 saturated heterocycles. The Balaban J connectivity index is 1.57. The van der Waals surface area contributed by atoms with Gasteiger partial charge in [0.1, 0.15) is 0 Å². The molecule has 0 atom stereocenters. The second kappa shape index (κ2) is 9.46. The Kier molecular flexibility index (Phi) is 7.27. The maximum atomic E-state index is 12.2. The van der Waals surface area contributed by atoms with E-state index in [2.05, 4.69) is 12.2 Å². The molecule has 2 amide bonds. The summed E-state index contributed by atoms with van der Waals surface area (Å²) >= 11 is 0. The molecular weight excluding hydrogens is 288 g/mol. The molecule has 0 saturated carbocycles. The molecule has 126 valence electrons. The lowest BCUT2D eigenvalue weighted by molar-refractivity contribution is 0.0651. The molecule has 1 aromatic rings. The predicted molar refractivity (Wildman–Crippen MR) is 92.7 cm³/mol. The van der Waals surface area contributed by atoms with Gasteiger partial charge in [-0.2, -0.15) is 0 Å². The normalized spacial score (nSPS) is 13.7. The van der Waals surface area contributed by atoms with E-state index < -0.39 is 0 Å². The third-order valence-electron chi connectivity index (χ3n) is 4.32. The van der Waals surface area contributed by atoms with Crippen molar-refractivity contribution in [2.24, 2.45) is 0 Å². The summed E-state index contributed by atoms with van der Waals surface area (Å²) in [7, 11) is 0. The maximum Gasteiger partial charge on any atom is 0.261 e. The van der Waals surface area contributed by atoms with E-state index in [1.165, 1.54) is 37.0 Å². The molecule has 23 heavy (non-hydrogen) atoms. The van der Waals surface area contributed by atoms with E-state index in [1.54, 1.807) is 12.1 Å². The van der Waals surface area contributed by atoms with E-state index in [4.69, 9.17) is 0 Å². The van der Waals surface area contributed by atoms with Crippen LogP contribution in [0.2, 0.25) is 0 Å². The Bertz CT molecular complexity index is 493. The minimum absolute atomic E-state index is 0.134. The van der Waals surface area contributed by atoms with Crippen molar-refractivity contribution in [2.45, 2.75) is 51.9 Å². The third-order valence-corrected chi connectivity index (χ3v) is 4.32. The molecule has 0 aromatic heterocycles. The number of imide groups is 1. The predicted octanol–water partition coefficient (Wildman–Crippen LogP) is 3.62. The first-order chi connectivity index (χ1) is 11.3. The van der Waals surface area contributed by atoms with Gasteiger partial charge in [0, 0.05) is 6.54 Å². The van der Waals surface area contributed by atoms with E-state index in [0.717, 1.165) is 25.9 Å². The zero-order chi connectivity index (χ0) is 16.5. The molecule has 1 aromatic carbocycles. The Morgan fingerprint density at radius 1 is 0.826 bits per heavy atom. The van der Waals surface area contributed by atoms with Gasteiger partial charge in [0.05, 0.1) is 11.1 Å². The van der Waals surface area contributed by atoms with Crippen molar-refractivity contribution in [3.05, 3.63) is 35.4 Å². The smallest absolute Gasteiger partial charge is 0.261 e. The number of carbonyl (C=O) groups is 2. The van der Waals surface area contributed by atoms with Crippen molar-refractivity contribution in [3.63, 3.8) is 0 Å². The summed E-state index contributed by atoms with van der Waals surface area (Å²) in [4.78, 5) is 25.8. The Hall–Kier alpha value is -1.68. The molecule has 1 heterocycles. The van der Waals surface area contributed by atoms with Crippen LogP contribution in [0.15, 0.2) is 24.3 Å². The molecule has 2 rings (SSSR count). The van der Waals surface area contributed by atoms with Crippen LogP contribution in [0.1, 0.15) is 72.6 Å². The van der Waals surface area contributed by atoms with Crippen LogP contribution in [0.4, 0.5) is 0 Å². The lowest BCUT2D eigenvalue weighted by Crippen LogP contribution is -2.30. The van der Waals surface area contributed by atoms with Crippen molar-refractivity contribution in [1.82, 2.24) is 10.2 Å². The quantitative estimate of drug-likeness (QED) is 0.501. The SMILES string of the molecule is CCCCNCCCCCCCN1C(=O)c2ccccc2C1=O. The van der Waals surface area contributed by atoms with Gasteiger partial charge in [-0.05, 0) is 44.5 Å². The van der Waals surface area contributed by atoms with Crippen LogP contribution in [0.3, 0.4) is 0 Å². The van der Waals surface area contributed by atoms with Crippen molar-refractivity contribution < 1.29 is 9.59 Å².